The first-order valence-corrected chi connectivity index (χ1v) is 13.7. The number of hydrogen-bond donors (Lipinski definition) is 0. The Balaban J connectivity index is 1.33. The first kappa shape index (κ1) is 24.2. The molecule has 0 N–H and O–H groups in total. The lowest BCUT2D eigenvalue weighted by Gasteiger charge is -2.40. The summed E-state index contributed by atoms with van der Waals surface area (Å²) in [5.74, 6) is 0.993. The number of hydrogen-bond acceptors (Lipinski definition) is 8. The Bertz CT molecular complexity index is 1220. The third-order valence-electron chi connectivity index (χ3n) is 8.64. The molecule has 0 radical (unpaired) electrons. The number of benzene rings is 1. The zero-order valence-electron chi connectivity index (χ0n) is 22.1. The zero-order valence-corrected chi connectivity index (χ0v) is 22.1. The maximum atomic E-state index is 9.37. The van der Waals surface area contributed by atoms with Crippen molar-refractivity contribution in [1.29, 1.82) is 5.26 Å². The molecule has 4 aliphatic rings. The summed E-state index contributed by atoms with van der Waals surface area (Å²) in [6, 6.07) is 12.2. The van der Waals surface area contributed by atoms with Crippen LogP contribution < -0.4 is 14.5 Å². The lowest BCUT2D eigenvalue weighted by molar-refractivity contribution is 0.187. The van der Waals surface area contributed by atoms with Crippen LogP contribution in [-0.4, -0.2) is 85.3 Å². The summed E-state index contributed by atoms with van der Waals surface area (Å²) < 4.78 is 6.27. The summed E-state index contributed by atoms with van der Waals surface area (Å²) in [7, 11) is 4.28. The predicted octanol–water partition coefficient (Wildman–Crippen LogP) is 3.33. The van der Waals surface area contributed by atoms with Gasteiger partial charge >= 0.3 is 6.01 Å². The molecule has 2 aromatic rings. The number of allylic oxidation sites excluding steroid dienone is 1. The van der Waals surface area contributed by atoms with E-state index in [2.05, 4.69) is 70.1 Å². The summed E-state index contributed by atoms with van der Waals surface area (Å²) in [4.78, 5) is 19.5. The molecule has 2 fully saturated rings. The molecule has 2 atom stereocenters. The molecule has 37 heavy (non-hydrogen) atoms. The van der Waals surface area contributed by atoms with Gasteiger partial charge in [-0.15, -0.1) is 0 Å². The SMILES string of the molecule is CN1CCC[C@H]1COc1nc2c(c(N3CCN(C)[C@@H](CC#N)C3)n1)CCC(N1CCc3ccccc31)=C2. The highest BCUT2D eigenvalue weighted by molar-refractivity contribution is 5.71. The Kier molecular flexibility index (Phi) is 6.74. The summed E-state index contributed by atoms with van der Waals surface area (Å²) in [5.41, 5.74) is 6.26. The van der Waals surface area contributed by atoms with Crippen molar-refractivity contribution in [3.63, 3.8) is 0 Å². The van der Waals surface area contributed by atoms with Crippen LogP contribution in [0.1, 0.15) is 42.5 Å². The van der Waals surface area contributed by atoms with E-state index in [0.717, 1.165) is 69.9 Å². The minimum absolute atomic E-state index is 0.205. The molecule has 8 heteroatoms. The van der Waals surface area contributed by atoms with E-state index in [1.54, 1.807) is 0 Å². The van der Waals surface area contributed by atoms with Gasteiger partial charge in [-0.1, -0.05) is 18.2 Å². The number of rotatable bonds is 6. The van der Waals surface area contributed by atoms with E-state index in [9.17, 15) is 5.26 Å². The molecule has 1 aromatic carbocycles. The first-order valence-electron chi connectivity index (χ1n) is 13.7. The van der Waals surface area contributed by atoms with Crippen molar-refractivity contribution >= 4 is 17.6 Å². The van der Waals surface area contributed by atoms with Gasteiger partial charge in [-0.2, -0.15) is 15.2 Å². The second-order valence-corrected chi connectivity index (χ2v) is 10.9. The highest BCUT2D eigenvalue weighted by Gasteiger charge is 2.31. The van der Waals surface area contributed by atoms with Gasteiger partial charge < -0.3 is 19.4 Å². The molecule has 0 spiro atoms. The van der Waals surface area contributed by atoms with Crippen LogP contribution in [0.25, 0.3) is 6.08 Å². The van der Waals surface area contributed by atoms with Crippen LogP contribution >= 0.6 is 0 Å². The third kappa shape index (κ3) is 4.78. The minimum Gasteiger partial charge on any atom is -0.462 e. The lowest BCUT2D eigenvalue weighted by atomic mass is 9.98. The van der Waals surface area contributed by atoms with Crippen molar-refractivity contribution in [2.24, 2.45) is 0 Å². The number of fused-ring (bicyclic) bond motifs is 2. The standard InChI is InChI=1S/C29H37N7O/c1-33-14-5-7-24(33)20-37-29-31-26-18-22(36-15-12-21-6-3-4-8-27(21)36)9-10-25(26)28(32-29)35-17-16-34(2)23(19-35)11-13-30/h3-4,6,8,18,23-24H,5,7,9-12,14-17,19-20H2,1-2H3/t23-,24-/m0/s1. The quantitative estimate of drug-likeness (QED) is 0.600. The fraction of sp³-hybridized carbons (Fsp3) is 0.552. The zero-order chi connectivity index (χ0) is 25.4. The number of likely N-dealkylation sites (N-methyl/N-ethyl adjacent to an activating group) is 2. The van der Waals surface area contributed by atoms with Crippen molar-refractivity contribution in [2.45, 2.75) is 50.6 Å². The average molecular weight is 500 g/mol. The normalized spacial score (nSPS) is 24.0. The van der Waals surface area contributed by atoms with Gasteiger partial charge in [0.1, 0.15) is 12.4 Å². The van der Waals surface area contributed by atoms with Gasteiger partial charge in [-0.3, -0.25) is 4.90 Å². The summed E-state index contributed by atoms with van der Waals surface area (Å²) in [6.45, 7) is 5.36. The number of anilines is 2. The van der Waals surface area contributed by atoms with Crippen LogP contribution in [0.2, 0.25) is 0 Å². The fourth-order valence-corrected chi connectivity index (χ4v) is 6.31. The van der Waals surface area contributed by atoms with Crippen molar-refractivity contribution in [3.8, 4) is 12.1 Å². The molecule has 0 bridgehead atoms. The van der Waals surface area contributed by atoms with E-state index >= 15 is 0 Å². The van der Waals surface area contributed by atoms with Gasteiger partial charge in [-0.05, 0) is 70.5 Å². The number of nitriles is 1. The van der Waals surface area contributed by atoms with Gasteiger partial charge in [0.05, 0.1) is 18.2 Å². The Hall–Kier alpha value is -3.15. The molecule has 6 rings (SSSR count). The number of ether oxygens (including phenoxy) is 1. The highest BCUT2D eigenvalue weighted by Crippen LogP contribution is 2.38. The number of piperazine rings is 1. The smallest absolute Gasteiger partial charge is 0.318 e. The van der Waals surface area contributed by atoms with Crippen LogP contribution in [0.15, 0.2) is 30.0 Å². The Morgan fingerprint density at radius 3 is 2.70 bits per heavy atom. The molecular formula is C29H37N7O. The number of aromatic nitrogens is 2. The average Bonchev–Trinajstić information content (AvgIpc) is 3.54. The molecule has 0 saturated carbocycles. The largest absolute Gasteiger partial charge is 0.462 e. The molecule has 4 heterocycles. The van der Waals surface area contributed by atoms with Crippen molar-refractivity contribution < 1.29 is 4.74 Å². The summed E-state index contributed by atoms with van der Waals surface area (Å²) in [6.07, 6.45) is 8.13. The van der Waals surface area contributed by atoms with Gasteiger partial charge in [0.2, 0.25) is 0 Å². The lowest BCUT2D eigenvalue weighted by Crippen LogP contribution is -2.52. The first-order chi connectivity index (χ1) is 18.1. The van der Waals surface area contributed by atoms with Crippen LogP contribution in [0, 0.1) is 11.3 Å². The van der Waals surface area contributed by atoms with Crippen LogP contribution in [-0.2, 0) is 12.8 Å². The monoisotopic (exact) mass is 499 g/mol. The van der Waals surface area contributed by atoms with Crippen molar-refractivity contribution in [1.82, 2.24) is 19.8 Å². The van der Waals surface area contributed by atoms with E-state index in [4.69, 9.17) is 14.7 Å². The van der Waals surface area contributed by atoms with Gasteiger partial charge in [0.15, 0.2) is 0 Å². The maximum absolute atomic E-state index is 9.37. The molecule has 1 aliphatic carbocycles. The second kappa shape index (κ2) is 10.3. The maximum Gasteiger partial charge on any atom is 0.318 e. The molecule has 1 aromatic heterocycles. The number of likely N-dealkylation sites (tertiary alicyclic amines) is 1. The highest BCUT2D eigenvalue weighted by atomic mass is 16.5. The molecule has 194 valence electrons. The molecule has 0 unspecified atom stereocenters. The Morgan fingerprint density at radius 2 is 1.86 bits per heavy atom. The Labute approximate surface area is 220 Å². The molecular weight excluding hydrogens is 462 g/mol. The number of para-hydroxylation sites is 1. The van der Waals surface area contributed by atoms with E-state index in [1.807, 2.05) is 0 Å². The Morgan fingerprint density at radius 1 is 1.00 bits per heavy atom. The van der Waals surface area contributed by atoms with E-state index in [-0.39, 0.29) is 6.04 Å². The second-order valence-electron chi connectivity index (χ2n) is 10.9. The minimum atomic E-state index is 0.205. The van der Waals surface area contributed by atoms with E-state index < -0.39 is 0 Å². The molecule has 0 amide bonds. The van der Waals surface area contributed by atoms with Gasteiger partial charge in [0, 0.05) is 55.2 Å². The summed E-state index contributed by atoms with van der Waals surface area (Å²) in [5, 5.41) is 9.37. The van der Waals surface area contributed by atoms with Crippen LogP contribution in [0.3, 0.4) is 0 Å². The van der Waals surface area contributed by atoms with Crippen LogP contribution in [0.5, 0.6) is 6.01 Å². The van der Waals surface area contributed by atoms with Crippen molar-refractivity contribution in [3.05, 3.63) is 46.8 Å². The molecule has 8 nitrogen and oxygen atoms in total. The summed E-state index contributed by atoms with van der Waals surface area (Å²) >= 11 is 0. The van der Waals surface area contributed by atoms with Crippen molar-refractivity contribution in [2.75, 3.05) is 63.2 Å². The third-order valence-corrected chi connectivity index (χ3v) is 8.64. The van der Waals surface area contributed by atoms with Gasteiger partial charge in [-0.25, -0.2) is 0 Å². The topological polar surface area (TPSA) is 71.8 Å². The molecule has 2 saturated heterocycles. The van der Waals surface area contributed by atoms with E-state index in [0.29, 0.717) is 25.1 Å². The predicted molar refractivity (Wildman–Crippen MR) is 146 cm³/mol. The van der Waals surface area contributed by atoms with E-state index in [1.165, 1.54) is 28.9 Å². The van der Waals surface area contributed by atoms with Crippen LogP contribution in [0.4, 0.5) is 11.5 Å². The number of nitrogens with zero attached hydrogens (tertiary/aromatic N) is 7. The fourth-order valence-electron chi connectivity index (χ4n) is 6.31. The van der Waals surface area contributed by atoms with Gasteiger partial charge in [0.25, 0.3) is 0 Å². The molecule has 3 aliphatic heterocycles.